The van der Waals surface area contributed by atoms with Gasteiger partial charge in [0.1, 0.15) is 4.99 Å². The van der Waals surface area contributed by atoms with Crippen LogP contribution in [0.25, 0.3) is 11.3 Å². The molecule has 0 saturated heterocycles. The Morgan fingerprint density at radius 3 is 2.56 bits per heavy atom. The van der Waals surface area contributed by atoms with E-state index in [0.717, 1.165) is 22.5 Å². The summed E-state index contributed by atoms with van der Waals surface area (Å²) < 4.78 is 0. The molecule has 0 fully saturated rings. The fourth-order valence-electron chi connectivity index (χ4n) is 1.67. The van der Waals surface area contributed by atoms with Crippen molar-refractivity contribution in [3.8, 4) is 11.3 Å². The third-order valence-corrected chi connectivity index (χ3v) is 3.34. The standard InChI is InChI=1S/C13H10Cl2N2S/c1-7-9(13(16)18)3-5-12(17-7)10-6-8(14)2-4-11(10)15/h2-6H,1H3,(H2,16,18). The van der Waals surface area contributed by atoms with Gasteiger partial charge in [-0.1, -0.05) is 35.4 Å². The molecule has 0 bridgehead atoms. The van der Waals surface area contributed by atoms with Crippen molar-refractivity contribution >= 4 is 40.4 Å². The van der Waals surface area contributed by atoms with Gasteiger partial charge < -0.3 is 5.73 Å². The number of rotatable bonds is 2. The lowest BCUT2D eigenvalue weighted by Gasteiger charge is -2.08. The van der Waals surface area contributed by atoms with E-state index in [4.69, 9.17) is 41.2 Å². The van der Waals surface area contributed by atoms with E-state index in [1.54, 1.807) is 18.2 Å². The fraction of sp³-hybridized carbons (Fsp3) is 0.0769. The second-order valence-corrected chi connectivity index (χ2v) is 5.10. The maximum atomic E-state index is 6.14. The van der Waals surface area contributed by atoms with Gasteiger partial charge >= 0.3 is 0 Å². The van der Waals surface area contributed by atoms with E-state index in [1.807, 2.05) is 19.1 Å². The highest BCUT2D eigenvalue weighted by Crippen LogP contribution is 2.29. The molecule has 1 heterocycles. The van der Waals surface area contributed by atoms with Crippen LogP contribution in [0.2, 0.25) is 10.0 Å². The second-order valence-electron chi connectivity index (χ2n) is 3.82. The maximum absolute atomic E-state index is 6.14. The van der Waals surface area contributed by atoms with Gasteiger partial charge in [0.2, 0.25) is 0 Å². The first kappa shape index (κ1) is 13.3. The predicted octanol–water partition coefficient (Wildman–Crippen LogP) is 4.00. The monoisotopic (exact) mass is 296 g/mol. The fourth-order valence-corrected chi connectivity index (χ4v) is 2.27. The number of hydrogen-bond donors (Lipinski definition) is 1. The summed E-state index contributed by atoms with van der Waals surface area (Å²) in [6.45, 7) is 1.86. The normalized spacial score (nSPS) is 10.4. The Kier molecular flexibility index (Phi) is 3.85. The van der Waals surface area contributed by atoms with Crippen LogP contribution in [-0.2, 0) is 0 Å². The highest BCUT2D eigenvalue weighted by Gasteiger charge is 2.09. The molecule has 5 heteroatoms. The van der Waals surface area contributed by atoms with Crippen LogP contribution in [0.15, 0.2) is 30.3 Å². The minimum absolute atomic E-state index is 0.337. The van der Waals surface area contributed by atoms with Gasteiger partial charge in [0.25, 0.3) is 0 Å². The molecule has 0 unspecified atom stereocenters. The van der Waals surface area contributed by atoms with E-state index in [2.05, 4.69) is 4.98 Å². The maximum Gasteiger partial charge on any atom is 0.105 e. The predicted molar refractivity (Wildman–Crippen MR) is 80.3 cm³/mol. The molecule has 1 aromatic carbocycles. The molecule has 1 aromatic heterocycles. The SMILES string of the molecule is Cc1nc(-c2cc(Cl)ccc2Cl)ccc1C(N)=S. The molecule has 0 radical (unpaired) electrons. The number of halogens is 2. The summed E-state index contributed by atoms with van der Waals surface area (Å²) in [5.41, 5.74) is 8.69. The molecule has 2 N–H and O–H groups in total. The number of aromatic nitrogens is 1. The summed E-state index contributed by atoms with van der Waals surface area (Å²) in [7, 11) is 0. The van der Waals surface area contributed by atoms with Crippen LogP contribution in [0.1, 0.15) is 11.3 Å². The molecule has 0 atom stereocenters. The molecule has 0 spiro atoms. The van der Waals surface area contributed by atoms with Crippen molar-refractivity contribution in [2.24, 2.45) is 5.73 Å². The number of benzene rings is 1. The van der Waals surface area contributed by atoms with Gasteiger partial charge in [-0.05, 0) is 37.3 Å². The quantitative estimate of drug-likeness (QED) is 0.852. The summed E-state index contributed by atoms with van der Waals surface area (Å²) in [5.74, 6) is 0. The molecule has 0 aliphatic rings. The van der Waals surface area contributed by atoms with Crippen LogP contribution in [0.5, 0.6) is 0 Å². The molecule has 2 aromatic rings. The summed E-state index contributed by atoms with van der Waals surface area (Å²) in [6.07, 6.45) is 0. The third-order valence-electron chi connectivity index (χ3n) is 2.56. The van der Waals surface area contributed by atoms with Crippen LogP contribution in [-0.4, -0.2) is 9.97 Å². The second kappa shape index (κ2) is 5.22. The highest BCUT2D eigenvalue weighted by molar-refractivity contribution is 7.80. The van der Waals surface area contributed by atoms with Gasteiger partial charge in [-0.15, -0.1) is 0 Å². The lowest BCUT2D eigenvalue weighted by molar-refractivity contribution is 1.19. The molecule has 2 nitrogen and oxygen atoms in total. The van der Waals surface area contributed by atoms with E-state index in [0.29, 0.717) is 15.0 Å². The summed E-state index contributed by atoms with van der Waals surface area (Å²) >= 11 is 17.0. The molecule has 2 rings (SSSR count). The number of aryl methyl sites for hydroxylation is 1. The Hall–Kier alpha value is -1.16. The van der Waals surface area contributed by atoms with Gasteiger partial charge in [0, 0.05) is 21.8 Å². The zero-order valence-electron chi connectivity index (χ0n) is 9.58. The van der Waals surface area contributed by atoms with E-state index < -0.39 is 0 Å². The van der Waals surface area contributed by atoms with E-state index in [9.17, 15) is 0 Å². The zero-order valence-corrected chi connectivity index (χ0v) is 11.9. The third kappa shape index (κ3) is 2.64. The first-order valence-corrected chi connectivity index (χ1v) is 6.38. The molecule has 0 aliphatic heterocycles. The molecule has 0 amide bonds. The van der Waals surface area contributed by atoms with Crippen LogP contribution < -0.4 is 5.73 Å². The smallest absolute Gasteiger partial charge is 0.105 e. The van der Waals surface area contributed by atoms with E-state index in [-0.39, 0.29) is 0 Å². The Bertz CT molecular complexity index is 626. The Morgan fingerprint density at radius 1 is 1.22 bits per heavy atom. The molecular weight excluding hydrogens is 287 g/mol. The first-order valence-electron chi connectivity index (χ1n) is 5.22. The minimum Gasteiger partial charge on any atom is -0.389 e. The Balaban J connectivity index is 2.55. The van der Waals surface area contributed by atoms with Gasteiger partial charge in [0.15, 0.2) is 0 Å². The lowest BCUT2D eigenvalue weighted by Crippen LogP contribution is -2.12. The molecule has 92 valence electrons. The lowest BCUT2D eigenvalue weighted by atomic mass is 10.1. The van der Waals surface area contributed by atoms with Crippen molar-refractivity contribution in [1.82, 2.24) is 4.98 Å². The summed E-state index contributed by atoms with van der Waals surface area (Å²) in [4.78, 5) is 4.79. The first-order chi connectivity index (χ1) is 8.49. The largest absolute Gasteiger partial charge is 0.389 e. The average molecular weight is 297 g/mol. The van der Waals surface area contributed by atoms with Crippen LogP contribution in [0, 0.1) is 6.92 Å². The van der Waals surface area contributed by atoms with Crippen molar-refractivity contribution < 1.29 is 0 Å². The molecular formula is C13H10Cl2N2S. The van der Waals surface area contributed by atoms with Crippen LogP contribution in [0.4, 0.5) is 0 Å². The van der Waals surface area contributed by atoms with Crippen LogP contribution in [0.3, 0.4) is 0 Å². The number of hydrogen-bond acceptors (Lipinski definition) is 2. The van der Waals surface area contributed by atoms with Gasteiger partial charge in [-0.3, -0.25) is 4.98 Å². The van der Waals surface area contributed by atoms with E-state index in [1.165, 1.54) is 0 Å². The van der Waals surface area contributed by atoms with Crippen molar-refractivity contribution in [2.45, 2.75) is 6.92 Å². The molecule has 18 heavy (non-hydrogen) atoms. The summed E-state index contributed by atoms with van der Waals surface area (Å²) in [5, 5.41) is 1.22. The number of pyridine rings is 1. The van der Waals surface area contributed by atoms with Crippen molar-refractivity contribution in [3.05, 3.63) is 51.6 Å². The minimum atomic E-state index is 0.337. The van der Waals surface area contributed by atoms with E-state index >= 15 is 0 Å². The Morgan fingerprint density at radius 2 is 1.94 bits per heavy atom. The van der Waals surface area contributed by atoms with Crippen LogP contribution >= 0.6 is 35.4 Å². The number of thiocarbonyl (C=S) groups is 1. The van der Waals surface area contributed by atoms with Gasteiger partial charge in [-0.2, -0.15) is 0 Å². The molecule has 0 saturated carbocycles. The van der Waals surface area contributed by atoms with Crippen molar-refractivity contribution in [3.63, 3.8) is 0 Å². The molecule has 0 aliphatic carbocycles. The zero-order chi connectivity index (χ0) is 13.3. The average Bonchev–Trinajstić information content (AvgIpc) is 2.31. The Labute approximate surface area is 121 Å². The topological polar surface area (TPSA) is 38.9 Å². The van der Waals surface area contributed by atoms with Crippen molar-refractivity contribution in [1.29, 1.82) is 0 Å². The van der Waals surface area contributed by atoms with Gasteiger partial charge in [-0.25, -0.2) is 0 Å². The van der Waals surface area contributed by atoms with Gasteiger partial charge in [0.05, 0.1) is 10.7 Å². The number of nitrogens with two attached hydrogens (primary N) is 1. The highest BCUT2D eigenvalue weighted by atomic mass is 35.5. The summed E-state index contributed by atoms with van der Waals surface area (Å²) in [6, 6.07) is 8.95. The number of nitrogens with zero attached hydrogens (tertiary/aromatic N) is 1. The van der Waals surface area contributed by atoms with Crippen molar-refractivity contribution in [2.75, 3.05) is 0 Å².